The molecule has 0 unspecified atom stereocenters. The van der Waals surface area contributed by atoms with E-state index in [4.69, 9.17) is 0 Å². The molecule has 0 saturated carbocycles. The van der Waals surface area contributed by atoms with Crippen molar-refractivity contribution in [3.8, 4) is 0 Å². The van der Waals surface area contributed by atoms with E-state index in [0.717, 1.165) is 70.8 Å². The Bertz CT molecular complexity index is 967. The molecule has 2 saturated heterocycles. The summed E-state index contributed by atoms with van der Waals surface area (Å²) in [6, 6.07) is 7.92. The normalized spacial score (nSPS) is 18.8. The van der Waals surface area contributed by atoms with E-state index in [1.807, 2.05) is 0 Å². The summed E-state index contributed by atoms with van der Waals surface area (Å²) in [5, 5.41) is 2.76. The number of piperidine rings is 1. The first-order valence-corrected chi connectivity index (χ1v) is 11.9. The van der Waals surface area contributed by atoms with E-state index in [1.54, 1.807) is 18.3 Å². The number of rotatable bonds is 6. The molecule has 1 N–H and O–H groups in total. The number of likely N-dealkylation sites (N-methyl/N-ethyl adjacent to an activating group) is 1. The van der Waals surface area contributed by atoms with Crippen molar-refractivity contribution in [2.45, 2.75) is 25.4 Å². The first-order valence-electron chi connectivity index (χ1n) is 11.9. The molecule has 184 valence electrons. The van der Waals surface area contributed by atoms with Gasteiger partial charge in [-0.1, -0.05) is 6.07 Å². The average molecular weight is 476 g/mol. The molecule has 6 nitrogen and oxygen atoms in total. The molecule has 2 aliphatic heterocycles. The number of halogens is 3. The van der Waals surface area contributed by atoms with Crippen molar-refractivity contribution in [1.82, 2.24) is 14.8 Å². The Kier molecular flexibility index (Phi) is 7.73. The summed E-state index contributed by atoms with van der Waals surface area (Å²) in [6.07, 6.45) is 0.495. The number of alkyl halides is 3. The number of hydrogen-bond acceptors (Lipinski definition) is 5. The SMILES string of the molecule is CN1CCN(CCC2CCN(c3ncccc3NC(=O)c3cccc(C(F)(F)F)c3)CC2)CC1. The van der Waals surface area contributed by atoms with Crippen LogP contribution in [0.15, 0.2) is 42.6 Å². The standard InChI is InChI=1S/C25H32F3N5O/c1-31-14-16-32(17-15-31)11-7-19-8-12-33(13-9-19)23-22(6-3-10-29-23)30-24(34)20-4-2-5-21(18-20)25(26,27)28/h2-6,10,18-19H,7-9,11-17H2,1H3,(H,30,34). The fourth-order valence-electron chi connectivity index (χ4n) is 4.65. The van der Waals surface area contributed by atoms with Gasteiger partial charge in [0.2, 0.25) is 0 Å². The summed E-state index contributed by atoms with van der Waals surface area (Å²) in [5.74, 6) is 0.755. The zero-order chi connectivity index (χ0) is 24.1. The van der Waals surface area contributed by atoms with Gasteiger partial charge in [0.1, 0.15) is 0 Å². The number of amides is 1. The Hall–Kier alpha value is -2.65. The van der Waals surface area contributed by atoms with E-state index < -0.39 is 17.6 Å². The molecule has 1 aromatic heterocycles. The fourth-order valence-corrected chi connectivity index (χ4v) is 4.65. The second-order valence-corrected chi connectivity index (χ2v) is 9.27. The van der Waals surface area contributed by atoms with Crippen molar-refractivity contribution in [1.29, 1.82) is 0 Å². The number of nitrogens with one attached hydrogen (secondary N) is 1. The average Bonchev–Trinajstić information content (AvgIpc) is 2.84. The minimum atomic E-state index is -4.50. The van der Waals surface area contributed by atoms with Crippen molar-refractivity contribution < 1.29 is 18.0 Å². The van der Waals surface area contributed by atoms with Crippen molar-refractivity contribution in [2.75, 3.05) is 63.1 Å². The number of carbonyl (C=O) groups excluding carboxylic acids is 1. The Morgan fingerprint density at radius 1 is 1.06 bits per heavy atom. The van der Waals surface area contributed by atoms with Crippen LogP contribution in [0.5, 0.6) is 0 Å². The number of nitrogens with zero attached hydrogens (tertiary/aromatic N) is 4. The van der Waals surface area contributed by atoms with Gasteiger partial charge in [-0.3, -0.25) is 4.79 Å². The van der Waals surface area contributed by atoms with Crippen LogP contribution in [0, 0.1) is 5.92 Å². The van der Waals surface area contributed by atoms with Crippen molar-refractivity contribution in [2.24, 2.45) is 5.92 Å². The lowest BCUT2D eigenvalue weighted by molar-refractivity contribution is -0.137. The smallest absolute Gasteiger partial charge is 0.355 e. The Morgan fingerprint density at radius 2 is 1.79 bits per heavy atom. The molecule has 2 fully saturated rings. The van der Waals surface area contributed by atoms with Crippen molar-refractivity contribution >= 4 is 17.4 Å². The largest absolute Gasteiger partial charge is 0.416 e. The third kappa shape index (κ3) is 6.27. The van der Waals surface area contributed by atoms with Crippen LogP contribution in [0.4, 0.5) is 24.7 Å². The zero-order valence-corrected chi connectivity index (χ0v) is 19.5. The maximum Gasteiger partial charge on any atom is 0.416 e. The van der Waals surface area contributed by atoms with Crippen LogP contribution in [0.25, 0.3) is 0 Å². The van der Waals surface area contributed by atoms with Gasteiger partial charge < -0.3 is 20.0 Å². The predicted octanol–water partition coefficient (Wildman–Crippen LogP) is 4.21. The Labute approximate surface area is 198 Å². The van der Waals surface area contributed by atoms with Crippen LogP contribution in [-0.2, 0) is 6.18 Å². The van der Waals surface area contributed by atoms with Gasteiger partial charge in [-0.25, -0.2) is 4.98 Å². The lowest BCUT2D eigenvalue weighted by Crippen LogP contribution is -2.45. The number of carbonyl (C=O) groups is 1. The molecule has 0 aliphatic carbocycles. The molecule has 2 aromatic rings. The maximum atomic E-state index is 13.0. The van der Waals surface area contributed by atoms with Gasteiger partial charge in [-0.15, -0.1) is 0 Å². The molecule has 3 heterocycles. The highest BCUT2D eigenvalue weighted by molar-refractivity contribution is 6.05. The summed E-state index contributed by atoms with van der Waals surface area (Å²) >= 11 is 0. The number of anilines is 2. The molecule has 2 aliphatic rings. The number of aromatic nitrogens is 1. The molecule has 34 heavy (non-hydrogen) atoms. The van der Waals surface area contributed by atoms with Gasteiger partial charge in [0.15, 0.2) is 5.82 Å². The van der Waals surface area contributed by atoms with Gasteiger partial charge in [0.25, 0.3) is 5.91 Å². The highest BCUT2D eigenvalue weighted by Crippen LogP contribution is 2.31. The van der Waals surface area contributed by atoms with Gasteiger partial charge in [-0.2, -0.15) is 13.2 Å². The Balaban J connectivity index is 1.34. The predicted molar refractivity (Wildman–Crippen MR) is 127 cm³/mol. The van der Waals surface area contributed by atoms with E-state index in [-0.39, 0.29) is 5.56 Å². The lowest BCUT2D eigenvalue weighted by atomic mass is 9.93. The molecule has 0 atom stereocenters. The molecular formula is C25H32F3N5O. The lowest BCUT2D eigenvalue weighted by Gasteiger charge is -2.36. The van der Waals surface area contributed by atoms with Crippen LogP contribution in [-0.4, -0.2) is 73.6 Å². The second-order valence-electron chi connectivity index (χ2n) is 9.27. The highest BCUT2D eigenvalue weighted by atomic mass is 19.4. The van der Waals surface area contributed by atoms with Gasteiger partial charge in [-0.05, 0) is 69.1 Å². The molecule has 0 bridgehead atoms. The zero-order valence-electron chi connectivity index (χ0n) is 19.5. The highest BCUT2D eigenvalue weighted by Gasteiger charge is 2.31. The first-order chi connectivity index (χ1) is 16.3. The van der Waals surface area contributed by atoms with Crippen LogP contribution < -0.4 is 10.2 Å². The summed E-state index contributed by atoms with van der Waals surface area (Å²) in [5.41, 5.74) is -0.363. The molecule has 0 radical (unpaired) electrons. The molecule has 0 spiro atoms. The van der Waals surface area contributed by atoms with E-state index >= 15 is 0 Å². The number of pyridine rings is 1. The minimum absolute atomic E-state index is 0.0350. The Morgan fingerprint density at radius 3 is 2.50 bits per heavy atom. The third-order valence-corrected chi connectivity index (χ3v) is 6.85. The summed E-state index contributed by atoms with van der Waals surface area (Å²) < 4.78 is 39.1. The summed E-state index contributed by atoms with van der Waals surface area (Å²) in [4.78, 5) is 24.3. The minimum Gasteiger partial charge on any atom is -0.355 e. The number of piperazine rings is 1. The molecule has 1 aromatic carbocycles. The van der Waals surface area contributed by atoms with E-state index in [0.29, 0.717) is 17.4 Å². The van der Waals surface area contributed by atoms with Gasteiger partial charge in [0.05, 0.1) is 11.3 Å². The van der Waals surface area contributed by atoms with Crippen LogP contribution in [0.1, 0.15) is 35.2 Å². The first kappa shape index (κ1) is 24.5. The fraction of sp³-hybridized carbons (Fsp3) is 0.520. The van der Waals surface area contributed by atoms with Crippen LogP contribution in [0.2, 0.25) is 0 Å². The monoisotopic (exact) mass is 475 g/mol. The van der Waals surface area contributed by atoms with E-state index in [2.05, 4.69) is 32.0 Å². The van der Waals surface area contributed by atoms with E-state index in [1.165, 1.54) is 18.6 Å². The van der Waals surface area contributed by atoms with Crippen LogP contribution in [0.3, 0.4) is 0 Å². The summed E-state index contributed by atoms with van der Waals surface area (Å²) in [6.45, 7) is 7.37. The topological polar surface area (TPSA) is 51.7 Å². The van der Waals surface area contributed by atoms with Crippen molar-refractivity contribution in [3.05, 3.63) is 53.7 Å². The summed E-state index contributed by atoms with van der Waals surface area (Å²) in [7, 11) is 2.17. The maximum absolute atomic E-state index is 13.0. The second kappa shape index (κ2) is 10.7. The van der Waals surface area contributed by atoms with Crippen LogP contribution >= 0.6 is 0 Å². The molecule has 9 heteroatoms. The number of benzene rings is 1. The molecular weight excluding hydrogens is 443 g/mol. The van der Waals surface area contributed by atoms with Gasteiger partial charge >= 0.3 is 6.18 Å². The molecule has 1 amide bonds. The number of hydrogen-bond donors (Lipinski definition) is 1. The third-order valence-electron chi connectivity index (χ3n) is 6.85. The quantitative estimate of drug-likeness (QED) is 0.679. The van der Waals surface area contributed by atoms with E-state index in [9.17, 15) is 18.0 Å². The van der Waals surface area contributed by atoms with Crippen molar-refractivity contribution in [3.63, 3.8) is 0 Å². The molecule has 4 rings (SSSR count). The van der Waals surface area contributed by atoms with Gasteiger partial charge in [0, 0.05) is 51.0 Å².